The minimum atomic E-state index is -3.61. The van der Waals surface area contributed by atoms with E-state index in [9.17, 15) is 17.2 Å². The van der Waals surface area contributed by atoms with Crippen LogP contribution in [0.4, 0.5) is 8.78 Å². The molecule has 0 aliphatic heterocycles. The lowest BCUT2D eigenvalue weighted by Crippen LogP contribution is -2.42. The first-order valence-corrected chi connectivity index (χ1v) is 10.1. The Morgan fingerprint density at radius 1 is 1.23 bits per heavy atom. The van der Waals surface area contributed by atoms with Crippen molar-refractivity contribution in [2.24, 2.45) is 0 Å². The van der Waals surface area contributed by atoms with Crippen LogP contribution in [0.2, 0.25) is 0 Å². The third kappa shape index (κ3) is 3.65. The number of hydrogen-bond acceptors (Lipinski definition) is 3. The van der Waals surface area contributed by atoms with E-state index < -0.39 is 27.9 Å². The highest BCUT2D eigenvalue weighted by atomic mass is 32.2. The Labute approximate surface area is 152 Å². The molecule has 2 aromatic rings. The summed E-state index contributed by atoms with van der Waals surface area (Å²) in [5.74, 6) is -1.36. The fourth-order valence-electron chi connectivity index (χ4n) is 3.38. The lowest BCUT2D eigenvalue weighted by atomic mass is 9.94. The molecule has 1 aliphatic carbocycles. The maximum Gasteiger partial charge on any atom is 0.279 e. The van der Waals surface area contributed by atoms with E-state index in [-0.39, 0.29) is 5.69 Å². The van der Waals surface area contributed by atoms with Crippen molar-refractivity contribution in [3.8, 4) is 5.69 Å². The number of nitrogens with zero attached hydrogens (tertiary/aromatic N) is 3. The number of rotatable bonds is 6. The maximum atomic E-state index is 13.5. The lowest BCUT2D eigenvalue weighted by molar-refractivity contribution is 0.416. The molecule has 1 aromatic heterocycles. The zero-order valence-electron chi connectivity index (χ0n) is 14.7. The summed E-state index contributed by atoms with van der Waals surface area (Å²) < 4.78 is 57.7. The number of aromatic nitrogens is 2. The molecular weight excluding hydrogens is 362 g/mol. The molecule has 3 rings (SSSR count). The van der Waals surface area contributed by atoms with Crippen LogP contribution in [0.3, 0.4) is 0 Å². The van der Waals surface area contributed by atoms with Gasteiger partial charge < -0.3 is 0 Å². The van der Waals surface area contributed by atoms with Crippen molar-refractivity contribution in [1.29, 1.82) is 0 Å². The van der Waals surface area contributed by atoms with E-state index in [0.717, 1.165) is 23.7 Å². The van der Waals surface area contributed by atoms with Gasteiger partial charge in [0.25, 0.3) is 10.2 Å². The van der Waals surface area contributed by atoms with Gasteiger partial charge >= 0.3 is 0 Å². The fourth-order valence-corrected chi connectivity index (χ4v) is 4.81. The molecule has 1 aromatic carbocycles. The number of nitrogens with one attached hydrogen (secondary N) is 1. The summed E-state index contributed by atoms with van der Waals surface area (Å²) in [5, 5.41) is 4.25. The van der Waals surface area contributed by atoms with Crippen molar-refractivity contribution in [1.82, 2.24) is 18.8 Å². The van der Waals surface area contributed by atoms with Gasteiger partial charge in [0.2, 0.25) is 0 Å². The molecule has 1 aliphatic rings. The van der Waals surface area contributed by atoms with Crippen molar-refractivity contribution in [2.45, 2.75) is 39.2 Å². The van der Waals surface area contributed by atoms with Crippen molar-refractivity contribution in [2.75, 3.05) is 13.1 Å². The molecular formula is C17H22F2N4O2S. The number of benzene rings is 1. The molecule has 1 heterocycles. The first-order valence-electron chi connectivity index (χ1n) is 8.66. The third-order valence-corrected chi connectivity index (χ3v) is 6.39. The Morgan fingerprint density at radius 2 is 1.88 bits per heavy atom. The van der Waals surface area contributed by atoms with Crippen LogP contribution in [-0.2, 0) is 16.6 Å². The highest BCUT2D eigenvalue weighted by molar-refractivity contribution is 7.87. The van der Waals surface area contributed by atoms with Gasteiger partial charge in [0.05, 0.1) is 17.9 Å². The standard InChI is InChI=1S/C17H22F2N4O2S/c1-3-22(4-2)26(24,25)21-16-6-5-7-17-15(16)11-20-23(17)14-9-12(18)8-13(19)10-14/h8-11,16,21H,3-7H2,1-2H3. The predicted molar refractivity (Wildman–Crippen MR) is 94.1 cm³/mol. The van der Waals surface area contributed by atoms with Gasteiger partial charge in [0.15, 0.2) is 0 Å². The number of halogens is 2. The van der Waals surface area contributed by atoms with Crippen LogP contribution >= 0.6 is 0 Å². The number of hydrogen-bond donors (Lipinski definition) is 1. The average Bonchev–Trinajstić information content (AvgIpc) is 2.99. The van der Waals surface area contributed by atoms with Crippen LogP contribution in [0.15, 0.2) is 24.4 Å². The zero-order chi connectivity index (χ0) is 18.9. The van der Waals surface area contributed by atoms with Crippen LogP contribution in [0.1, 0.15) is 44.0 Å². The lowest BCUT2D eigenvalue weighted by Gasteiger charge is -2.27. The Hall–Kier alpha value is -1.84. The van der Waals surface area contributed by atoms with Gasteiger partial charge in [-0.2, -0.15) is 22.5 Å². The minimum absolute atomic E-state index is 0.288. The smallest absolute Gasteiger partial charge is 0.237 e. The zero-order valence-corrected chi connectivity index (χ0v) is 15.6. The van der Waals surface area contributed by atoms with Crippen molar-refractivity contribution in [3.05, 3.63) is 47.3 Å². The summed E-state index contributed by atoms with van der Waals surface area (Å²) in [6.07, 6.45) is 3.64. The minimum Gasteiger partial charge on any atom is -0.237 e. The molecule has 0 amide bonds. The van der Waals surface area contributed by atoms with Crippen molar-refractivity contribution >= 4 is 10.2 Å². The van der Waals surface area contributed by atoms with Gasteiger partial charge in [-0.1, -0.05) is 13.8 Å². The number of fused-ring (bicyclic) bond motifs is 1. The normalized spacial score (nSPS) is 17.5. The van der Waals surface area contributed by atoms with E-state index in [2.05, 4.69) is 9.82 Å². The quantitative estimate of drug-likeness (QED) is 0.833. The van der Waals surface area contributed by atoms with E-state index in [4.69, 9.17) is 0 Å². The molecule has 0 bridgehead atoms. The molecule has 0 saturated heterocycles. The molecule has 1 atom stereocenters. The SMILES string of the molecule is CCN(CC)S(=O)(=O)NC1CCCc2c1cnn2-c1cc(F)cc(F)c1. The van der Waals surface area contributed by atoms with Gasteiger partial charge in [-0.15, -0.1) is 0 Å². The van der Waals surface area contributed by atoms with Gasteiger partial charge in [-0.05, 0) is 31.4 Å². The summed E-state index contributed by atoms with van der Waals surface area (Å²) in [5.41, 5.74) is 1.81. The van der Waals surface area contributed by atoms with Crippen molar-refractivity contribution < 1.29 is 17.2 Å². The Kier molecular flexibility index (Phi) is 5.40. The van der Waals surface area contributed by atoms with Crippen LogP contribution in [0.5, 0.6) is 0 Å². The molecule has 1 N–H and O–H groups in total. The Bertz CT molecular complexity index is 874. The molecule has 0 radical (unpaired) electrons. The van der Waals surface area contributed by atoms with Crippen LogP contribution < -0.4 is 4.72 Å². The van der Waals surface area contributed by atoms with Gasteiger partial charge in [0.1, 0.15) is 11.6 Å². The average molecular weight is 384 g/mol. The molecule has 9 heteroatoms. The van der Waals surface area contributed by atoms with E-state index in [0.29, 0.717) is 25.9 Å². The molecule has 142 valence electrons. The summed E-state index contributed by atoms with van der Waals surface area (Å²) >= 11 is 0. The molecule has 6 nitrogen and oxygen atoms in total. The van der Waals surface area contributed by atoms with Gasteiger partial charge in [-0.25, -0.2) is 13.5 Å². The van der Waals surface area contributed by atoms with Crippen LogP contribution in [0.25, 0.3) is 5.69 Å². The molecule has 1 unspecified atom stereocenters. The highest BCUT2D eigenvalue weighted by Crippen LogP contribution is 2.32. The van der Waals surface area contributed by atoms with Gasteiger partial charge in [-0.3, -0.25) is 0 Å². The second-order valence-corrected chi connectivity index (χ2v) is 7.94. The Balaban J connectivity index is 1.94. The Morgan fingerprint density at radius 3 is 2.50 bits per heavy atom. The molecule has 26 heavy (non-hydrogen) atoms. The van der Waals surface area contributed by atoms with Crippen LogP contribution in [-0.4, -0.2) is 35.6 Å². The molecule has 0 fully saturated rings. The summed E-state index contributed by atoms with van der Waals surface area (Å²) in [7, 11) is -3.61. The van der Waals surface area contributed by atoms with E-state index >= 15 is 0 Å². The third-order valence-electron chi connectivity index (χ3n) is 4.61. The van der Waals surface area contributed by atoms with Crippen molar-refractivity contribution in [3.63, 3.8) is 0 Å². The second-order valence-electron chi connectivity index (χ2n) is 6.24. The molecule has 0 saturated carbocycles. The molecule has 0 spiro atoms. The predicted octanol–water partition coefficient (Wildman–Crippen LogP) is 2.70. The van der Waals surface area contributed by atoms with Gasteiger partial charge in [0, 0.05) is 30.4 Å². The first-order chi connectivity index (χ1) is 12.4. The summed E-state index contributed by atoms with van der Waals surface area (Å²) in [4.78, 5) is 0. The topological polar surface area (TPSA) is 67.2 Å². The van der Waals surface area contributed by atoms with Crippen LogP contribution in [0, 0.1) is 11.6 Å². The second kappa shape index (κ2) is 7.42. The van der Waals surface area contributed by atoms with E-state index in [1.54, 1.807) is 20.0 Å². The van der Waals surface area contributed by atoms with E-state index in [1.807, 2.05) is 0 Å². The first kappa shape index (κ1) is 18.9. The maximum absolute atomic E-state index is 13.5. The fraction of sp³-hybridized carbons (Fsp3) is 0.471. The largest absolute Gasteiger partial charge is 0.279 e. The highest BCUT2D eigenvalue weighted by Gasteiger charge is 2.30. The summed E-state index contributed by atoms with van der Waals surface area (Å²) in [6.45, 7) is 4.33. The monoisotopic (exact) mass is 384 g/mol. The van der Waals surface area contributed by atoms with E-state index in [1.165, 1.54) is 21.1 Å². The summed E-state index contributed by atoms with van der Waals surface area (Å²) in [6, 6.07) is 2.82.